The van der Waals surface area contributed by atoms with E-state index in [-0.39, 0.29) is 5.54 Å². The van der Waals surface area contributed by atoms with Crippen LogP contribution in [0.15, 0.2) is 0 Å². The summed E-state index contributed by atoms with van der Waals surface area (Å²) in [6.07, 6.45) is 0. The Morgan fingerprint density at radius 3 is 2.25 bits per heavy atom. The van der Waals surface area contributed by atoms with Crippen LogP contribution in [0.4, 0.5) is 0 Å². The maximum atomic E-state index is 5.40. The Balaban J connectivity index is 2.37. The fourth-order valence-corrected chi connectivity index (χ4v) is 1.93. The summed E-state index contributed by atoms with van der Waals surface area (Å²) in [6.45, 7) is 16.4. The molecule has 1 fully saturated rings. The Hall–Kier alpha value is -0.120. The van der Waals surface area contributed by atoms with Gasteiger partial charge in [-0.05, 0) is 26.7 Å². The van der Waals surface area contributed by atoms with E-state index in [2.05, 4.69) is 44.8 Å². The SMILES string of the molecule is CC(C)C(C)NCC(C)(C)N1CCOCC1. The predicted octanol–water partition coefficient (Wildman–Crippen LogP) is 1.73. The van der Waals surface area contributed by atoms with Gasteiger partial charge in [0.2, 0.25) is 0 Å². The zero-order valence-electron chi connectivity index (χ0n) is 11.5. The van der Waals surface area contributed by atoms with Gasteiger partial charge in [0.25, 0.3) is 0 Å². The van der Waals surface area contributed by atoms with Crippen LogP contribution in [-0.4, -0.2) is 49.3 Å². The minimum atomic E-state index is 0.229. The van der Waals surface area contributed by atoms with Crippen LogP contribution >= 0.6 is 0 Å². The van der Waals surface area contributed by atoms with E-state index in [0.29, 0.717) is 12.0 Å². The van der Waals surface area contributed by atoms with Gasteiger partial charge in [-0.1, -0.05) is 13.8 Å². The third-order valence-electron chi connectivity index (χ3n) is 3.72. The summed E-state index contributed by atoms with van der Waals surface area (Å²) >= 11 is 0. The smallest absolute Gasteiger partial charge is 0.0594 e. The number of hydrogen-bond acceptors (Lipinski definition) is 3. The van der Waals surface area contributed by atoms with Crippen LogP contribution in [0.2, 0.25) is 0 Å². The Bertz CT molecular complexity index is 198. The molecule has 1 aliphatic rings. The predicted molar refractivity (Wildman–Crippen MR) is 68.8 cm³/mol. The number of hydrogen-bond donors (Lipinski definition) is 1. The Morgan fingerprint density at radius 1 is 1.19 bits per heavy atom. The highest BCUT2D eigenvalue weighted by Crippen LogP contribution is 2.15. The first-order chi connectivity index (χ1) is 7.43. The molecule has 1 N–H and O–H groups in total. The average Bonchev–Trinajstić information content (AvgIpc) is 2.27. The molecule has 0 aliphatic carbocycles. The first-order valence-corrected chi connectivity index (χ1v) is 6.49. The molecule has 3 nitrogen and oxygen atoms in total. The van der Waals surface area contributed by atoms with Gasteiger partial charge in [-0.15, -0.1) is 0 Å². The van der Waals surface area contributed by atoms with Gasteiger partial charge in [0.05, 0.1) is 13.2 Å². The molecule has 1 unspecified atom stereocenters. The molecule has 1 saturated heterocycles. The van der Waals surface area contributed by atoms with E-state index in [4.69, 9.17) is 4.74 Å². The van der Waals surface area contributed by atoms with Crippen LogP contribution in [0.25, 0.3) is 0 Å². The van der Waals surface area contributed by atoms with E-state index in [1.165, 1.54) is 0 Å². The van der Waals surface area contributed by atoms with Gasteiger partial charge in [-0.2, -0.15) is 0 Å². The fraction of sp³-hybridized carbons (Fsp3) is 1.00. The first-order valence-electron chi connectivity index (χ1n) is 6.49. The summed E-state index contributed by atoms with van der Waals surface area (Å²) in [5.74, 6) is 0.695. The summed E-state index contributed by atoms with van der Waals surface area (Å²) in [5.41, 5.74) is 0.229. The van der Waals surface area contributed by atoms with E-state index in [9.17, 15) is 0 Å². The van der Waals surface area contributed by atoms with Crippen molar-refractivity contribution in [3.05, 3.63) is 0 Å². The van der Waals surface area contributed by atoms with Crippen molar-refractivity contribution in [3.8, 4) is 0 Å². The largest absolute Gasteiger partial charge is 0.379 e. The standard InChI is InChI=1S/C13H28N2O/c1-11(2)12(3)14-10-13(4,5)15-6-8-16-9-7-15/h11-12,14H,6-10H2,1-5H3. The first kappa shape index (κ1) is 13.9. The maximum absolute atomic E-state index is 5.40. The Kier molecular flexibility index (Phi) is 5.22. The second-order valence-corrected chi connectivity index (χ2v) is 5.83. The fourth-order valence-electron chi connectivity index (χ4n) is 1.93. The Labute approximate surface area is 101 Å². The summed E-state index contributed by atoms with van der Waals surface area (Å²) in [7, 11) is 0. The van der Waals surface area contributed by atoms with E-state index in [1.807, 2.05) is 0 Å². The molecule has 1 aliphatic heterocycles. The molecule has 0 spiro atoms. The molecular formula is C13H28N2O. The van der Waals surface area contributed by atoms with Crippen LogP contribution < -0.4 is 5.32 Å². The Morgan fingerprint density at radius 2 is 1.75 bits per heavy atom. The van der Waals surface area contributed by atoms with Crippen LogP contribution in [0.5, 0.6) is 0 Å². The zero-order chi connectivity index (χ0) is 12.2. The summed E-state index contributed by atoms with van der Waals surface area (Å²) < 4.78 is 5.40. The van der Waals surface area contributed by atoms with Crippen molar-refractivity contribution >= 4 is 0 Å². The third-order valence-corrected chi connectivity index (χ3v) is 3.72. The summed E-state index contributed by atoms with van der Waals surface area (Å²) in [6, 6.07) is 0.584. The van der Waals surface area contributed by atoms with Gasteiger partial charge in [0.1, 0.15) is 0 Å². The van der Waals surface area contributed by atoms with E-state index in [1.54, 1.807) is 0 Å². The number of morpholine rings is 1. The highest BCUT2D eigenvalue weighted by Gasteiger charge is 2.28. The lowest BCUT2D eigenvalue weighted by molar-refractivity contribution is -0.0106. The van der Waals surface area contributed by atoms with Gasteiger partial charge in [0, 0.05) is 31.2 Å². The van der Waals surface area contributed by atoms with Crippen molar-refractivity contribution in [2.24, 2.45) is 5.92 Å². The maximum Gasteiger partial charge on any atom is 0.0594 e. The number of nitrogens with zero attached hydrogens (tertiary/aromatic N) is 1. The molecule has 1 atom stereocenters. The molecule has 0 aromatic heterocycles. The second kappa shape index (κ2) is 5.99. The third kappa shape index (κ3) is 4.04. The zero-order valence-corrected chi connectivity index (χ0v) is 11.5. The van der Waals surface area contributed by atoms with Crippen molar-refractivity contribution in [2.75, 3.05) is 32.8 Å². The van der Waals surface area contributed by atoms with Gasteiger partial charge in [-0.3, -0.25) is 4.90 Å². The van der Waals surface area contributed by atoms with Crippen molar-refractivity contribution in [1.29, 1.82) is 0 Å². The lowest BCUT2D eigenvalue weighted by Gasteiger charge is -2.41. The van der Waals surface area contributed by atoms with E-state index < -0.39 is 0 Å². The lowest BCUT2D eigenvalue weighted by Crippen LogP contribution is -2.56. The normalized spacial score (nSPS) is 21.4. The van der Waals surface area contributed by atoms with Crippen LogP contribution in [0.1, 0.15) is 34.6 Å². The number of nitrogens with one attached hydrogen (secondary N) is 1. The minimum absolute atomic E-state index is 0.229. The molecule has 1 rings (SSSR count). The van der Waals surface area contributed by atoms with Gasteiger partial charge in [0.15, 0.2) is 0 Å². The van der Waals surface area contributed by atoms with E-state index >= 15 is 0 Å². The molecule has 96 valence electrons. The quantitative estimate of drug-likeness (QED) is 0.775. The minimum Gasteiger partial charge on any atom is -0.379 e. The van der Waals surface area contributed by atoms with Crippen molar-refractivity contribution in [3.63, 3.8) is 0 Å². The van der Waals surface area contributed by atoms with Gasteiger partial charge < -0.3 is 10.1 Å². The summed E-state index contributed by atoms with van der Waals surface area (Å²) in [4.78, 5) is 2.52. The van der Waals surface area contributed by atoms with Crippen molar-refractivity contribution in [2.45, 2.75) is 46.2 Å². The molecule has 0 amide bonds. The van der Waals surface area contributed by atoms with Gasteiger partial charge in [-0.25, -0.2) is 0 Å². The molecule has 0 aromatic rings. The molecule has 0 bridgehead atoms. The van der Waals surface area contributed by atoms with Crippen LogP contribution in [0.3, 0.4) is 0 Å². The van der Waals surface area contributed by atoms with Crippen LogP contribution in [0, 0.1) is 5.92 Å². The molecule has 1 heterocycles. The van der Waals surface area contributed by atoms with Crippen molar-refractivity contribution < 1.29 is 4.74 Å². The second-order valence-electron chi connectivity index (χ2n) is 5.83. The lowest BCUT2D eigenvalue weighted by atomic mass is 10.00. The highest BCUT2D eigenvalue weighted by atomic mass is 16.5. The molecule has 16 heavy (non-hydrogen) atoms. The molecule has 0 saturated carbocycles. The molecule has 0 aromatic carbocycles. The highest BCUT2D eigenvalue weighted by molar-refractivity contribution is 4.86. The van der Waals surface area contributed by atoms with E-state index in [0.717, 1.165) is 32.8 Å². The molecule has 0 radical (unpaired) electrons. The molecule has 3 heteroatoms. The van der Waals surface area contributed by atoms with Crippen LogP contribution in [-0.2, 0) is 4.74 Å². The number of rotatable bonds is 5. The van der Waals surface area contributed by atoms with Crippen molar-refractivity contribution in [1.82, 2.24) is 10.2 Å². The molecular weight excluding hydrogens is 200 g/mol. The van der Waals surface area contributed by atoms with Gasteiger partial charge >= 0.3 is 0 Å². The number of ether oxygens (including phenoxy) is 1. The average molecular weight is 228 g/mol. The monoisotopic (exact) mass is 228 g/mol. The topological polar surface area (TPSA) is 24.5 Å². The summed E-state index contributed by atoms with van der Waals surface area (Å²) in [5, 5.41) is 3.64.